The lowest BCUT2D eigenvalue weighted by Crippen LogP contribution is -2.15. The van der Waals surface area contributed by atoms with Crippen molar-refractivity contribution >= 4 is 29.2 Å². The predicted octanol–water partition coefficient (Wildman–Crippen LogP) is 5.26. The third-order valence-electron chi connectivity index (χ3n) is 5.72. The summed E-state index contributed by atoms with van der Waals surface area (Å²) < 4.78 is 22.6. The van der Waals surface area contributed by atoms with Crippen LogP contribution in [0.5, 0.6) is 11.5 Å². The summed E-state index contributed by atoms with van der Waals surface area (Å²) in [5, 5.41) is 15.7. The number of benzene rings is 3. The van der Waals surface area contributed by atoms with Gasteiger partial charge in [0.15, 0.2) is 5.69 Å². The summed E-state index contributed by atoms with van der Waals surface area (Å²) in [6, 6.07) is 17.7. The highest BCUT2D eigenvalue weighted by Gasteiger charge is 2.31. The molecule has 200 valence electrons. The molecular formula is C27H22ClN3O8. The van der Waals surface area contributed by atoms with Crippen LogP contribution in [0.4, 0.5) is 5.69 Å². The fraction of sp³-hybridized carbons (Fsp3) is 0.148. The molecule has 4 aromatic rings. The molecule has 11 nitrogen and oxygen atoms in total. The first kappa shape index (κ1) is 27.1. The number of rotatable bonds is 9. The van der Waals surface area contributed by atoms with Gasteiger partial charge in [-0.1, -0.05) is 29.8 Å². The summed E-state index contributed by atoms with van der Waals surface area (Å²) in [7, 11) is 3.89. The van der Waals surface area contributed by atoms with Gasteiger partial charge in [0.2, 0.25) is 0 Å². The standard InChI is InChI=1S/C27H22ClN3O8/c1-36-21-11-9-16(13-17(21)15-39-22-12-10-19(31(34)35)14-20(22)28)24-23(26(32)37-2)25(27(33)38-3)30(29-24)18-7-5-4-6-8-18/h4-14H,15H2,1-3H3. The van der Waals surface area contributed by atoms with Crippen molar-refractivity contribution in [2.75, 3.05) is 21.3 Å². The van der Waals surface area contributed by atoms with Crippen LogP contribution in [0.3, 0.4) is 0 Å². The van der Waals surface area contributed by atoms with Crippen molar-refractivity contribution < 1.29 is 33.5 Å². The van der Waals surface area contributed by atoms with Crippen molar-refractivity contribution in [3.63, 3.8) is 0 Å². The van der Waals surface area contributed by atoms with Crippen molar-refractivity contribution in [2.24, 2.45) is 0 Å². The van der Waals surface area contributed by atoms with Gasteiger partial charge in [0, 0.05) is 23.3 Å². The molecule has 0 bridgehead atoms. The van der Waals surface area contributed by atoms with Gasteiger partial charge in [-0.15, -0.1) is 0 Å². The third kappa shape index (κ3) is 5.53. The maximum absolute atomic E-state index is 12.9. The van der Waals surface area contributed by atoms with Crippen molar-refractivity contribution in [1.29, 1.82) is 0 Å². The molecule has 0 radical (unpaired) electrons. The van der Waals surface area contributed by atoms with Gasteiger partial charge in [0.05, 0.1) is 37.0 Å². The van der Waals surface area contributed by atoms with Crippen LogP contribution < -0.4 is 9.47 Å². The van der Waals surface area contributed by atoms with E-state index < -0.39 is 16.9 Å². The number of methoxy groups -OCH3 is 3. The Morgan fingerprint density at radius 2 is 1.64 bits per heavy atom. The average Bonchev–Trinajstić information content (AvgIpc) is 3.36. The number of carbonyl (C=O) groups is 2. The number of hydrogen-bond donors (Lipinski definition) is 0. The number of nitro benzene ring substituents is 1. The molecule has 4 rings (SSSR count). The number of nitrogens with zero attached hydrogens (tertiary/aromatic N) is 3. The number of ether oxygens (including phenoxy) is 4. The van der Waals surface area contributed by atoms with Crippen molar-refractivity contribution in [1.82, 2.24) is 9.78 Å². The average molecular weight is 552 g/mol. The highest BCUT2D eigenvalue weighted by Crippen LogP contribution is 2.34. The molecule has 0 amide bonds. The normalized spacial score (nSPS) is 10.6. The molecule has 0 atom stereocenters. The lowest BCUT2D eigenvalue weighted by molar-refractivity contribution is -0.384. The van der Waals surface area contributed by atoms with E-state index in [4.69, 9.17) is 30.5 Å². The maximum atomic E-state index is 12.9. The Balaban J connectivity index is 1.81. The molecule has 12 heteroatoms. The van der Waals surface area contributed by atoms with E-state index in [9.17, 15) is 19.7 Å². The minimum Gasteiger partial charge on any atom is -0.496 e. The van der Waals surface area contributed by atoms with Crippen molar-refractivity contribution in [2.45, 2.75) is 6.61 Å². The molecule has 0 unspecified atom stereocenters. The molecule has 1 heterocycles. The molecule has 0 aliphatic carbocycles. The molecule has 0 saturated heterocycles. The first-order chi connectivity index (χ1) is 18.8. The van der Waals surface area contributed by atoms with Crippen LogP contribution in [-0.4, -0.2) is 48.0 Å². The van der Waals surface area contributed by atoms with Crippen LogP contribution in [0.2, 0.25) is 5.02 Å². The quantitative estimate of drug-likeness (QED) is 0.155. The topological polar surface area (TPSA) is 132 Å². The van der Waals surface area contributed by atoms with Crippen LogP contribution >= 0.6 is 11.6 Å². The van der Waals surface area contributed by atoms with Gasteiger partial charge in [-0.25, -0.2) is 14.3 Å². The number of carbonyl (C=O) groups excluding carboxylic acids is 2. The number of halogens is 1. The van der Waals surface area contributed by atoms with Crippen LogP contribution in [0.25, 0.3) is 16.9 Å². The predicted molar refractivity (Wildman–Crippen MR) is 141 cm³/mol. The highest BCUT2D eigenvalue weighted by atomic mass is 35.5. The monoisotopic (exact) mass is 551 g/mol. The van der Waals surface area contributed by atoms with Gasteiger partial charge < -0.3 is 18.9 Å². The van der Waals surface area contributed by atoms with E-state index >= 15 is 0 Å². The first-order valence-electron chi connectivity index (χ1n) is 11.4. The van der Waals surface area contributed by atoms with Gasteiger partial charge in [0.25, 0.3) is 5.69 Å². The van der Waals surface area contributed by atoms with E-state index in [1.54, 1.807) is 48.5 Å². The van der Waals surface area contributed by atoms with Crippen molar-refractivity contribution in [3.8, 4) is 28.4 Å². The van der Waals surface area contributed by atoms with E-state index in [0.29, 0.717) is 22.6 Å². The summed E-state index contributed by atoms with van der Waals surface area (Å²) >= 11 is 6.17. The minimum atomic E-state index is -0.779. The minimum absolute atomic E-state index is 0.0364. The number of aromatic nitrogens is 2. The second kappa shape index (κ2) is 11.7. The molecule has 0 aliphatic rings. The second-order valence-corrected chi connectivity index (χ2v) is 8.40. The van der Waals surface area contributed by atoms with Crippen LogP contribution in [-0.2, 0) is 16.1 Å². The van der Waals surface area contributed by atoms with E-state index in [0.717, 1.165) is 0 Å². The number of hydrogen-bond acceptors (Lipinski definition) is 9. The van der Waals surface area contributed by atoms with E-state index in [1.807, 2.05) is 0 Å². The van der Waals surface area contributed by atoms with Gasteiger partial charge in [-0.2, -0.15) is 5.10 Å². The summed E-state index contributed by atoms with van der Waals surface area (Å²) in [6.45, 7) is -0.0364. The zero-order valence-corrected chi connectivity index (χ0v) is 21.8. The van der Waals surface area contributed by atoms with Gasteiger partial charge in [-0.3, -0.25) is 10.1 Å². The SMILES string of the molecule is COC(=O)c1c(-c2ccc(OC)c(COc3ccc([N+](=O)[O-])cc3Cl)c2)nn(-c2ccccc2)c1C(=O)OC. The third-order valence-corrected chi connectivity index (χ3v) is 6.01. The Morgan fingerprint density at radius 1 is 0.949 bits per heavy atom. The Kier molecular flexibility index (Phi) is 8.11. The number of nitro groups is 1. The number of non-ortho nitro benzene ring substituents is 1. The zero-order valence-electron chi connectivity index (χ0n) is 21.0. The zero-order chi connectivity index (χ0) is 28.1. The van der Waals surface area contributed by atoms with E-state index in [1.165, 1.54) is 44.2 Å². The molecular weight excluding hydrogens is 530 g/mol. The Hall–Kier alpha value is -4.90. The molecule has 3 aromatic carbocycles. The molecule has 39 heavy (non-hydrogen) atoms. The summed E-state index contributed by atoms with van der Waals surface area (Å²) in [5.74, 6) is -0.861. The molecule has 0 fully saturated rings. The Morgan fingerprint density at radius 3 is 2.26 bits per heavy atom. The Labute approximate surface area is 227 Å². The molecule has 0 spiro atoms. The summed E-state index contributed by atoms with van der Waals surface area (Å²) in [4.78, 5) is 36.2. The smallest absolute Gasteiger partial charge is 0.357 e. The summed E-state index contributed by atoms with van der Waals surface area (Å²) in [6.07, 6.45) is 0. The number of para-hydroxylation sites is 1. The molecule has 0 N–H and O–H groups in total. The van der Waals surface area contributed by atoms with Crippen LogP contribution in [0, 0.1) is 10.1 Å². The molecule has 0 saturated carbocycles. The fourth-order valence-electron chi connectivity index (χ4n) is 3.87. The largest absolute Gasteiger partial charge is 0.496 e. The highest BCUT2D eigenvalue weighted by molar-refractivity contribution is 6.32. The van der Waals surface area contributed by atoms with Crippen LogP contribution in [0.1, 0.15) is 26.4 Å². The fourth-order valence-corrected chi connectivity index (χ4v) is 4.10. The van der Waals surface area contributed by atoms with Gasteiger partial charge in [0.1, 0.15) is 29.4 Å². The van der Waals surface area contributed by atoms with Gasteiger partial charge >= 0.3 is 11.9 Å². The van der Waals surface area contributed by atoms with Crippen LogP contribution in [0.15, 0.2) is 66.7 Å². The number of esters is 2. The van der Waals surface area contributed by atoms with Crippen molar-refractivity contribution in [3.05, 3.63) is 98.7 Å². The van der Waals surface area contributed by atoms with E-state index in [2.05, 4.69) is 5.10 Å². The molecule has 1 aromatic heterocycles. The Bertz CT molecular complexity index is 1550. The first-order valence-corrected chi connectivity index (χ1v) is 11.8. The second-order valence-electron chi connectivity index (χ2n) is 7.99. The molecule has 0 aliphatic heterocycles. The maximum Gasteiger partial charge on any atom is 0.357 e. The van der Waals surface area contributed by atoms with Gasteiger partial charge in [-0.05, 0) is 36.4 Å². The summed E-state index contributed by atoms with van der Waals surface area (Å²) in [5.41, 5.74) is 1.36. The van der Waals surface area contributed by atoms with E-state index in [-0.39, 0.29) is 40.0 Å². The lowest BCUT2D eigenvalue weighted by atomic mass is 10.0. The lowest BCUT2D eigenvalue weighted by Gasteiger charge is -2.13.